The Kier molecular flexibility index (Phi) is 5.26. The molecule has 0 aliphatic heterocycles. The van der Waals surface area contributed by atoms with Gasteiger partial charge in [-0.1, -0.05) is 32.0 Å². The summed E-state index contributed by atoms with van der Waals surface area (Å²) in [6.07, 6.45) is 1.16. The Bertz CT molecular complexity index is 548. The molecular weight excluding hydrogens is 266 g/mol. The van der Waals surface area contributed by atoms with Gasteiger partial charge in [0.05, 0.1) is 11.4 Å². The average Bonchev–Trinajstić information content (AvgIpc) is 2.77. The van der Waals surface area contributed by atoms with Crippen LogP contribution < -0.4 is 5.32 Å². The molecule has 2 aromatic rings. The van der Waals surface area contributed by atoms with Crippen LogP contribution in [0.15, 0.2) is 35.4 Å². The minimum atomic E-state index is 0.587. The highest BCUT2D eigenvalue weighted by atomic mass is 32.2. The maximum absolute atomic E-state index is 4.74. The van der Waals surface area contributed by atoms with E-state index in [0.717, 1.165) is 24.3 Å². The van der Waals surface area contributed by atoms with Crippen LogP contribution in [0.3, 0.4) is 0 Å². The van der Waals surface area contributed by atoms with Gasteiger partial charge in [-0.3, -0.25) is 0 Å². The second-order valence-corrected chi connectivity index (χ2v) is 6.41. The summed E-state index contributed by atoms with van der Waals surface area (Å²) >= 11 is 1.91. The molecule has 0 saturated heterocycles. The van der Waals surface area contributed by atoms with E-state index >= 15 is 0 Å². The van der Waals surface area contributed by atoms with Gasteiger partial charge in [0.1, 0.15) is 5.03 Å². The van der Waals surface area contributed by atoms with Crippen LogP contribution in [0.2, 0.25) is 0 Å². The van der Waals surface area contributed by atoms with Crippen LogP contribution in [0.1, 0.15) is 31.5 Å². The molecule has 0 bridgehead atoms. The monoisotopic (exact) mass is 289 g/mol. The molecule has 0 saturated carbocycles. The fourth-order valence-electron chi connectivity index (χ4n) is 2.06. The van der Waals surface area contributed by atoms with Crippen LogP contribution in [-0.2, 0) is 6.54 Å². The van der Waals surface area contributed by atoms with Crippen molar-refractivity contribution in [2.75, 3.05) is 7.05 Å². The molecule has 1 atom stereocenters. The number of thioether (sulfide) groups is 1. The van der Waals surface area contributed by atoms with Crippen LogP contribution in [0.4, 0.5) is 0 Å². The van der Waals surface area contributed by atoms with Crippen molar-refractivity contribution in [2.45, 2.75) is 44.0 Å². The summed E-state index contributed by atoms with van der Waals surface area (Å²) in [4.78, 5) is 0. The quantitative estimate of drug-likeness (QED) is 0.821. The van der Waals surface area contributed by atoms with Gasteiger partial charge in [-0.15, -0.1) is 11.8 Å². The Morgan fingerprint density at radius 3 is 2.60 bits per heavy atom. The smallest absolute Gasteiger partial charge is 0.105 e. The average molecular weight is 289 g/mol. The molecule has 20 heavy (non-hydrogen) atoms. The van der Waals surface area contributed by atoms with E-state index in [1.54, 1.807) is 0 Å². The molecule has 0 spiro atoms. The molecule has 1 unspecified atom stereocenters. The van der Waals surface area contributed by atoms with E-state index in [-0.39, 0.29) is 0 Å². The van der Waals surface area contributed by atoms with Gasteiger partial charge < -0.3 is 5.32 Å². The largest absolute Gasteiger partial charge is 0.316 e. The molecule has 0 fully saturated rings. The highest BCUT2D eigenvalue weighted by molar-refractivity contribution is 7.99. The van der Waals surface area contributed by atoms with Crippen molar-refractivity contribution in [1.82, 2.24) is 15.1 Å². The Morgan fingerprint density at radius 2 is 2.00 bits per heavy atom. The lowest BCUT2D eigenvalue weighted by Gasteiger charge is -2.13. The third kappa shape index (κ3) is 3.25. The van der Waals surface area contributed by atoms with Gasteiger partial charge in [-0.2, -0.15) is 5.10 Å². The number of rotatable bonds is 6. The predicted molar refractivity (Wildman–Crippen MR) is 86.7 cm³/mol. The number of hydrogen-bond acceptors (Lipinski definition) is 3. The van der Waals surface area contributed by atoms with E-state index in [2.05, 4.69) is 55.0 Å². The summed E-state index contributed by atoms with van der Waals surface area (Å²) in [5.74, 6) is 0. The lowest BCUT2D eigenvalue weighted by atomic mass is 10.2. The topological polar surface area (TPSA) is 29.9 Å². The van der Waals surface area contributed by atoms with Gasteiger partial charge in [-0.25, -0.2) is 4.68 Å². The number of nitrogens with one attached hydrogen (secondary N) is 1. The van der Waals surface area contributed by atoms with E-state index in [1.807, 2.05) is 24.9 Å². The van der Waals surface area contributed by atoms with Crippen molar-refractivity contribution in [2.24, 2.45) is 0 Å². The van der Waals surface area contributed by atoms with Crippen LogP contribution in [0.25, 0.3) is 5.69 Å². The maximum Gasteiger partial charge on any atom is 0.105 e. The zero-order valence-electron chi connectivity index (χ0n) is 12.7. The lowest BCUT2D eigenvalue weighted by Crippen LogP contribution is -2.08. The minimum absolute atomic E-state index is 0.587. The van der Waals surface area contributed by atoms with Gasteiger partial charge in [0.15, 0.2) is 0 Å². The van der Waals surface area contributed by atoms with E-state index in [0.29, 0.717) is 5.25 Å². The number of nitrogens with zero attached hydrogens (tertiary/aromatic N) is 2. The second-order valence-electron chi connectivity index (χ2n) is 4.98. The first kappa shape index (κ1) is 15.1. The molecule has 0 aliphatic rings. The summed E-state index contributed by atoms with van der Waals surface area (Å²) < 4.78 is 2.08. The molecule has 1 heterocycles. The second kappa shape index (κ2) is 6.95. The number of para-hydroxylation sites is 1. The Hall–Kier alpha value is -1.26. The van der Waals surface area contributed by atoms with Crippen molar-refractivity contribution in [3.63, 3.8) is 0 Å². The zero-order valence-corrected chi connectivity index (χ0v) is 13.5. The summed E-state index contributed by atoms with van der Waals surface area (Å²) in [7, 11) is 1.98. The van der Waals surface area contributed by atoms with Crippen molar-refractivity contribution >= 4 is 11.8 Å². The molecule has 2 rings (SSSR count). The normalized spacial score (nSPS) is 12.6. The molecule has 3 nitrogen and oxygen atoms in total. The summed E-state index contributed by atoms with van der Waals surface area (Å²) in [6, 6.07) is 10.4. The highest BCUT2D eigenvalue weighted by Crippen LogP contribution is 2.32. The molecule has 0 aliphatic carbocycles. The van der Waals surface area contributed by atoms with Crippen LogP contribution in [-0.4, -0.2) is 22.1 Å². The molecule has 1 aromatic heterocycles. The van der Waals surface area contributed by atoms with Crippen molar-refractivity contribution in [1.29, 1.82) is 0 Å². The minimum Gasteiger partial charge on any atom is -0.316 e. The van der Waals surface area contributed by atoms with Crippen LogP contribution in [0.5, 0.6) is 0 Å². The van der Waals surface area contributed by atoms with Gasteiger partial charge in [0.2, 0.25) is 0 Å². The van der Waals surface area contributed by atoms with E-state index in [4.69, 9.17) is 5.10 Å². The van der Waals surface area contributed by atoms with E-state index < -0.39 is 0 Å². The number of hydrogen-bond donors (Lipinski definition) is 1. The summed E-state index contributed by atoms with van der Waals surface area (Å²) in [6.45, 7) is 7.45. The van der Waals surface area contributed by atoms with Crippen LogP contribution in [0, 0.1) is 6.92 Å². The summed E-state index contributed by atoms with van der Waals surface area (Å²) in [5.41, 5.74) is 3.54. The first-order valence-electron chi connectivity index (χ1n) is 7.12. The van der Waals surface area contributed by atoms with Crippen molar-refractivity contribution < 1.29 is 0 Å². The fourth-order valence-corrected chi connectivity index (χ4v) is 3.21. The molecule has 108 valence electrons. The Morgan fingerprint density at radius 1 is 1.30 bits per heavy atom. The maximum atomic E-state index is 4.74. The lowest BCUT2D eigenvalue weighted by molar-refractivity contribution is 0.761. The van der Waals surface area contributed by atoms with Gasteiger partial charge in [0, 0.05) is 17.4 Å². The highest BCUT2D eigenvalue weighted by Gasteiger charge is 2.18. The Balaban J connectivity index is 2.47. The fraction of sp³-hybridized carbons (Fsp3) is 0.438. The number of aryl methyl sites for hydroxylation is 1. The third-order valence-electron chi connectivity index (χ3n) is 3.38. The zero-order chi connectivity index (χ0) is 14.5. The number of benzene rings is 1. The third-order valence-corrected chi connectivity index (χ3v) is 4.76. The molecule has 0 amide bonds. The van der Waals surface area contributed by atoms with E-state index in [1.165, 1.54) is 10.6 Å². The van der Waals surface area contributed by atoms with Gasteiger partial charge in [-0.05, 0) is 32.5 Å². The number of aromatic nitrogens is 2. The van der Waals surface area contributed by atoms with Crippen molar-refractivity contribution in [3.05, 3.63) is 41.6 Å². The first-order chi connectivity index (χ1) is 9.67. The first-order valence-corrected chi connectivity index (χ1v) is 8.00. The molecule has 0 radical (unpaired) electrons. The molecular formula is C16H23N3S. The molecule has 4 heteroatoms. The van der Waals surface area contributed by atoms with E-state index in [9.17, 15) is 0 Å². The van der Waals surface area contributed by atoms with Crippen LogP contribution >= 0.6 is 11.8 Å². The standard InChI is InChI=1S/C16H23N3S/c1-5-12(2)20-16-15(11-17-4)13(3)18-19(16)14-9-7-6-8-10-14/h6-10,12,17H,5,11H2,1-4H3. The SMILES string of the molecule is CCC(C)Sc1c(CNC)c(C)nn1-c1ccccc1. The molecule has 1 N–H and O–H groups in total. The van der Waals surface area contributed by atoms with Crippen molar-refractivity contribution in [3.8, 4) is 5.69 Å². The van der Waals surface area contributed by atoms with Gasteiger partial charge >= 0.3 is 0 Å². The Labute approximate surface area is 125 Å². The summed E-state index contributed by atoms with van der Waals surface area (Å²) in [5, 5.41) is 9.85. The van der Waals surface area contributed by atoms with Gasteiger partial charge in [0.25, 0.3) is 0 Å². The molecule has 1 aromatic carbocycles. The predicted octanol–water partition coefficient (Wildman–Crippen LogP) is 3.79.